The Balaban J connectivity index is 1.86. The average Bonchev–Trinajstić information content (AvgIpc) is 2.75. The van der Waals surface area contributed by atoms with Crippen molar-refractivity contribution in [2.75, 3.05) is 5.73 Å². The number of benzene rings is 1. The van der Waals surface area contributed by atoms with E-state index in [-0.39, 0.29) is 5.91 Å². The number of anilines is 1. The molecule has 2 aromatic rings. The maximum absolute atomic E-state index is 11.8. The zero-order chi connectivity index (χ0) is 13.0. The van der Waals surface area contributed by atoms with Crippen LogP contribution in [0.25, 0.3) is 0 Å². The molecule has 4 nitrogen and oxygen atoms in total. The minimum absolute atomic E-state index is 0.0148. The summed E-state index contributed by atoms with van der Waals surface area (Å²) in [5, 5.41) is 2.90. The van der Waals surface area contributed by atoms with E-state index in [1.165, 1.54) is 0 Å². The molecule has 0 aliphatic rings. The van der Waals surface area contributed by atoms with E-state index in [2.05, 4.69) is 5.32 Å². The fourth-order valence-electron chi connectivity index (χ4n) is 1.75. The molecular formula is C14H17N3O. The van der Waals surface area contributed by atoms with Crippen LogP contribution in [-0.2, 0) is 24.8 Å². The predicted octanol–water partition coefficient (Wildman–Crippen LogP) is 1.47. The number of hydrogen-bond donors (Lipinski definition) is 2. The topological polar surface area (TPSA) is 60.0 Å². The smallest absolute Gasteiger partial charge is 0.224 e. The van der Waals surface area contributed by atoms with Crippen LogP contribution in [0.5, 0.6) is 0 Å². The molecule has 2 rings (SSSR count). The number of carbonyl (C=O) groups excluding carboxylic acids is 1. The number of aromatic nitrogens is 1. The third-order valence-corrected chi connectivity index (χ3v) is 2.86. The Morgan fingerprint density at radius 1 is 1.28 bits per heavy atom. The molecule has 4 heteroatoms. The largest absolute Gasteiger partial charge is 0.399 e. The number of nitrogens with two attached hydrogens (primary N) is 1. The normalized spacial score (nSPS) is 10.3. The summed E-state index contributed by atoms with van der Waals surface area (Å²) in [6, 6.07) is 11.3. The van der Waals surface area contributed by atoms with Crippen molar-refractivity contribution in [1.82, 2.24) is 9.88 Å². The molecule has 1 amide bonds. The minimum atomic E-state index is 0.0148. The van der Waals surface area contributed by atoms with Crippen molar-refractivity contribution in [2.24, 2.45) is 7.05 Å². The molecule has 94 valence electrons. The summed E-state index contributed by atoms with van der Waals surface area (Å²) in [6.45, 7) is 0.553. The standard InChI is InChI=1S/C14H17N3O/c1-17-8-2-3-13(17)10-16-14(18)9-11-4-6-12(15)7-5-11/h2-8H,9-10,15H2,1H3,(H,16,18). The van der Waals surface area contributed by atoms with Gasteiger partial charge in [-0.05, 0) is 29.8 Å². The van der Waals surface area contributed by atoms with Gasteiger partial charge in [0.1, 0.15) is 0 Å². The van der Waals surface area contributed by atoms with Crippen LogP contribution >= 0.6 is 0 Å². The van der Waals surface area contributed by atoms with E-state index in [4.69, 9.17) is 5.73 Å². The van der Waals surface area contributed by atoms with Gasteiger partial charge in [-0.2, -0.15) is 0 Å². The molecule has 1 aromatic carbocycles. The van der Waals surface area contributed by atoms with E-state index in [1.54, 1.807) is 12.1 Å². The monoisotopic (exact) mass is 243 g/mol. The van der Waals surface area contributed by atoms with E-state index >= 15 is 0 Å². The van der Waals surface area contributed by atoms with E-state index in [1.807, 2.05) is 42.1 Å². The van der Waals surface area contributed by atoms with Crippen molar-refractivity contribution in [1.29, 1.82) is 0 Å². The van der Waals surface area contributed by atoms with Gasteiger partial charge in [0.05, 0.1) is 13.0 Å². The summed E-state index contributed by atoms with van der Waals surface area (Å²) < 4.78 is 1.99. The van der Waals surface area contributed by atoms with Crippen LogP contribution in [0.4, 0.5) is 5.69 Å². The van der Waals surface area contributed by atoms with Gasteiger partial charge >= 0.3 is 0 Å². The Morgan fingerprint density at radius 3 is 2.61 bits per heavy atom. The van der Waals surface area contributed by atoms with Crippen molar-refractivity contribution in [3.05, 3.63) is 53.9 Å². The van der Waals surface area contributed by atoms with E-state index in [0.29, 0.717) is 18.7 Å². The maximum Gasteiger partial charge on any atom is 0.224 e. The van der Waals surface area contributed by atoms with Crippen molar-refractivity contribution < 1.29 is 4.79 Å². The average molecular weight is 243 g/mol. The number of carbonyl (C=O) groups is 1. The number of amides is 1. The van der Waals surface area contributed by atoms with Crippen LogP contribution < -0.4 is 11.1 Å². The minimum Gasteiger partial charge on any atom is -0.399 e. The highest BCUT2D eigenvalue weighted by Gasteiger charge is 2.04. The highest BCUT2D eigenvalue weighted by Crippen LogP contribution is 2.06. The third kappa shape index (κ3) is 3.13. The number of nitrogens with one attached hydrogen (secondary N) is 1. The van der Waals surface area contributed by atoms with Gasteiger partial charge in [0.25, 0.3) is 0 Å². The lowest BCUT2D eigenvalue weighted by Crippen LogP contribution is -2.25. The van der Waals surface area contributed by atoms with Crippen molar-refractivity contribution in [3.63, 3.8) is 0 Å². The number of hydrogen-bond acceptors (Lipinski definition) is 2. The summed E-state index contributed by atoms with van der Waals surface area (Å²) in [6.07, 6.45) is 2.34. The molecule has 0 aliphatic carbocycles. The van der Waals surface area contributed by atoms with Crippen molar-refractivity contribution in [3.8, 4) is 0 Å². The number of aryl methyl sites for hydroxylation is 1. The Morgan fingerprint density at radius 2 is 2.00 bits per heavy atom. The summed E-state index contributed by atoms with van der Waals surface area (Å²) in [5.74, 6) is 0.0148. The lowest BCUT2D eigenvalue weighted by Gasteiger charge is -2.06. The highest BCUT2D eigenvalue weighted by atomic mass is 16.1. The molecule has 0 saturated carbocycles. The summed E-state index contributed by atoms with van der Waals surface area (Å²) in [4.78, 5) is 11.8. The molecule has 1 heterocycles. The van der Waals surface area contributed by atoms with E-state index < -0.39 is 0 Å². The van der Waals surface area contributed by atoms with Crippen molar-refractivity contribution in [2.45, 2.75) is 13.0 Å². The molecule has 0 bridgehead atoms. The van der Waals surface area contributed by atoms with Gasteiger partial charge in [0, 0.05) is 24.6 Å². The SMILES string of the molecule is Cn1cccc1CNC(=O)Cc1ccc(N)cc1. The van der Waals surface area contributed by atoms with Gasteiger partial charge in [-0.1, -0.05) is 12.1 Å². The second-order valence-corrected chi connectivity index (χ2v) is 4.31. The second kappa shape index (κ2) is 5.40. The Kier molecular flexibility index (Phi) is 3.67. The second-order valence-electron chi connectivity index (χ2n) is 4.31. The summed E-state index contributed by atoms with van der Waals surface area (Å²) in [5.41, 5.74) is 8.35. The van der Waals surface area contributed by atoms with Crippen LogP contribution in [-0.4, -0.2) is 10.5 Å². The fraction of sp³-hybridized carbons (Fsp3) is 0.214. The molecule has 0 spiro atoms. The van der Waals surface area contributed by atoms with E-state index in [9.17, 15) is 4.79 Å². The molecule has 0 radical (unpaired) electrons. The maximum atomic E-state index is 11.8. The van der Waals surface area contributed by atoms with Gasteiger partial charge in [-0.3, -0.25) is 4.79 Å². The number of nitrogen functional groups attached to an aromatic ring is 1. The molecule has 0 aliphatic heterocycles. The third-order valence-electron chi connectivity index (χ3n) is 2.86. The molecule has 1 aromatic heterocycles. The zero-order valence-electron chi connectivity index (χ0n) is 10.4. The Labute approximate surface area is 106 Å². The van der Waals surface area contributed by atoms with Gasteiger partial charge in [-0.15, -0.1) is 0 Å². The Hall–Kier alpha value is -2.23. The van der Waals surface area contributed by atoms with Gasteiger partial charge < -0.3 is 15.6 Å². The molecule has 0 atom stereocenters. The number of rotatable bonds is 4. The van der Waals surface area contributed by atoms with Crippen molar-refractivity contribution >= 4 is 11.6 Å². The lowest BCUT2D eigenvalue weighted by molar-refractivity contribution is -0.120. The van der Waals surface area contributed by atoms with Crippen LogP contribution in [0, 0.1) is 0 Å². The predicted molar refractivity (Wildman–Crippen MR) is 71.8 cm³/mol. The first kappa shape index (κ1) is 12.2. The molecule has 0 fully saturated rings. The summed E-state index contributed by atoms with van der Waals surface area (Å²) in [7, 11) is 1.96. The number of nitrogens with zero attached hydrogens (tertiary/aromatic N) is 1. The molecule has 0 saturated heterocycles. The zero-order valence-corrected chi connectivity index (χ0v) is 10.4. The van der Waals surface area contributed by atoms with Gasteiger partial charge in [0.15, 0.2) is 0 Å². The molecular weight excluding hydrogens is 226 g/mol. The Bertz CT molecular complexity index is 528. The van der Waals surface area contributed by atoms with Crippen LogP contribution in [0.15, 0.2) is 42.6 Å². The highest BCUT2D eigenvalue weighted by molar-refractivity contribution is 5.78. The van der Waals surface area contributed by atoms with E-state index in [0.717, 1.165) is 11.3 Å². The lowest BCUT2D eigenvalue weighted by atomic mass is 10.1. The first-order chi connectivity index (χ1) is 8.65. The molecule has 3 N–H and O–H groups in total. The quantitative estimate of drug-likeness (QED) is 0.799. The van der Waals surface area contributed by atoms with Gasteiger partial charge in [-0.25, -0.2) is 0 Å². The van der Waals surface area contributed by atoms with Gasteiger partial charge in [0.2, 0.25) is 5.91 Å². The first-order valence-electron chi connectivity index (χ1n) is 5.86. The van der Waals surface area contributed by atoms with Crippen LogP contribution in [0.2, 0.25) is 0 Å². The fourth-order valence-corrected chi connectivity index (χ4v) is 1.75. The molecule has 0 unspecified atom stereocenters. The molecule has 18 heavy (non-hydrogen) atoms. The first-order valence-corrected chi connectivity index (χ1v) is 5.86. The summed E-state index contributed by atoms with van der Waals surface area (Å²) >= 11 is 0. The van der Waals surface area contributed by atoms with Crippen LogP contribution in [0.3, 0.4) is 0 Å². The van der Waals surface area contributed by atoms with Crippen LogP contribution in [0.1, 0.15) is 11.3 Å².